The highest BCUT2D eigenvalue weighted by atomic mass is 35.5. The molecule has 0 aliphatic heterocycles. The largest absolute Gasteiger partial charge is 0.360 e. The van der Waals surface area contributed by atoms with Gasteiger partial charge in [-0.15, -0.1) is 0 Å². The van der Waals surface area contributed by atoms with Crippen LogP contribution in [-0.4, -0.2) is 17.1 Å². The Bertz CT molecular complexity index is 950. The fraction of sp³-hybridized carbons (Fsp3) is 0.200. The lowest BCUT2D eigenvalue weighted by atomic mass is 10.0. The van der Waals surface area contributed by atoms with Gasteiger partial charge in [0.15, 0.2) is 0 Å². The van der Waals surface area contributed by atoms with E-state index >= 15 is 0 Å². The minimum Gasteiger partial charge on any atom is -0.360 e. The number of hydrogen-bond donors (Lipinski definition) is 1. The number of nitrogens with zero attached hydrogens (tertiary/aromatic N) is 1. The predicted molar refractivity (Wildman–Crippen MR) is 98.7 cm³/mol. The Balaban J connectivity index is 1.83. The van der Waals surface area contributed by atoms with E-state index in [4.69, 9.17) is 16.1 Å². The lowest BCUT2D eigenvalue weighted by Gasteiger charge is -2.14. The van der Waals surface area contributed by atoms with Gasteiger partial charge in [0.1, 0.15) is 28.7 Å². The third-order valence-corrected chi connectivity index (χ3v) is 4.44. The first-order valence-corrected chi connectivity index (χ1v) is 8.70. The van der Waals surface area contributed by atoms with Crippen LogP contribution in [0.5, 0.6) is 0 Å². The first kappa shape index (κ1) is 19.0. The van der Waals surface area contributed by atoms with Gasteiger partial charge in [0.2, 0.25) is 0 Å². The SMILES string of the molecule is Cc1onc(-c2c(F)cccc2Cl)c1C(=O)NC(C)Cc1ccc(F)cc1. The van der Waals surface area contributed by atoms with E-state index in [1.165, 1.54) is 30.3 Å². The Morgan fingerprint density at radius 1 is 1.22 bits per heavy atom. The molecule has 0 radical (unpaired) electrons. The van der Waals surface area contributed by atoms with Crippen LogP contribution in [0.25, 0.3) is 11.3 Å². The maximum atomic E-state index is 14.2. The van der Waals surface area contributed by atoms with Gasteiger partial charge in [-0.05, 0) is 50.1 Å². The fourth-order valence-electron chi connectivity index (χ4n) is 2.86. The molecule has 1 N–H and O–H groups in total. The summed E-state index contributed by atoms with van der Waals surface area (Å²) >= 11 is 6.09. The summed E-state index contributed by atoms with van der Waals surface area (Å²) in [5.41, 5.74) is 1.09. The average molecular weight is 391 g/mol. The van der Waals surface area contributed by atoms with Crippen molar-refractivity contribution in [3.63, 3.8) is 0 Å². The molecule has 140 valence electrons. The van der Waals surface area contributed by atoms with Gasteiger partial charge in [0.25, 0.3) is 5.91 Å². The Labute approximate surface area is 160 Å². The van der Waals surface area contributed by atoms with Crippen molar-refractivity contribution in [3.05, 3.63) is 76.0 Å². The molecule has 0 spiro atoms. The maximum Gasteiger partial charge on any atom is 0.257 e. The van der Waals surface area contributed by atoms with Gasteiger partial charge in [-0.2, -0.15) is 0 Å². The van der Waals surface area contributed by atoms with Crippen LogP contribution in [0.2, 0.25) is 5.02 Å². The Morgan fingerprint density at radius 3 is 2.59 bits per heavy atom. The van der Waals surface area contributed by atoms with Crippen molar-refractivity contribution < 1.29 is 18.1 Å². The zero-order valence-corrected chi connectivity index (χ0v) is 15.5. The van der Waals surface area contributed by atoms with Crippen molar-refractivity contribution in [3.8, 4) is 11.3 Å². The molecule has 1 heterocycles. The second-order valence-corrected chi connectivity index (χ2v) is 6.67. The quantitative estimate of drug-likeness (QED) is 0.671. The number of aromatic nitrogens is 1. The average Bonchev–Trinajstić information content (AvgIpc) is 2.98. The van der Waals surface area contributed by atoms with Gasteiger partial charge in [-0.1, -0.05) is 35.0 Å². The van der Waals surface area contributed by atoms with Gasteiger partial charge >= 0.3 is 0 Å². The second-order valence-electron chi connectivity index (χ2n) is 6.26. The molecule has 1 atom stereocenters. The molecule has 0 bridgehead atoms. The molecule has 1 unspecified atom stereocenters. The van der Waals surface area contributed by atoms with E-state index < -0.39 is 11.7 Å². The van der Waals surface area contributed by atoms with Crippen LogP contribution < -0.4 is 5.32 Å². The summed E-state index contributed by atoms with van der Waals surface area (Å²) in [5.74, 6) is -1.10. The molecule has 1 aromatic heterocycles. The molecular weight excluding hydrogens is 374 g/mol. The van der Waals surface area contributed by atoms with E-state index in [1.54, 1.807) is 19.1 Å². The molecule has 0 saturated heterocycles. The second kappa shape index (κ2) is 7.88. The molecule has 3 rings (SSSR count). The van der Waals surface area contributed by atoms with E-state index in [0.717, 1.165) is 5.56 Å². The van der Waals surface area contributed by atoms with Crippen LogP contribution in [0.15, 0.2) is 47.0 Å². The lowest BCUT2D eigenvalue weighted by Crippen LogP contribution is -2.34. The number of aryl methyl sites for hydroxylation is 1. The number of hydrogen-bond acceptors (Lipinski definition) is 3. The zero-order valence-electron chi connectivity index (χ0n) is 14.7. The zero-order chi connectivity index (χ0) is 19.6. The van der Waals surface area contributed by atoms with E-state index in [0.29, 0.717) is 6.42 Å². The summed E-state index contributed by atoms with van der Waals surface area (Å²) in [4.78, 5) is 12.8. The highest BCUT2D eigenvalue weighted by molar-refractivity contribution is 6.33. The van der Waals surface area contributed by atoms with Gasteiger partial charge in [0, 0.05) is 6.04 Å². The molecule has 1 amide bonds. The van der Waals surface area contributed by atoms with Crippen LogP contribution in [0.3, 0.4) is 0 Å². The topological polar surface area (TPSA) is 55.1 Å². The van der Waals surface area contributed by atoms with Crippen molar-refractivity contribution in [2.45, 2.75) is 26.3 Å². The van der Waals surface area contributed by atoms with Crippen molar-refractivity contribution in [2.24, 2.45) is 0 Å². The number of carbonyl (C=O) groups excluding carboxylic acids is 1. The van der Waals surface area contributed by atoms with Crippen LogP contribution in [0.4, 0.5) is 8.78 Å². The van der Waals surface area contributed by atoms with Crippen molar-refractivity contribution >= 4 is 17.5 Å². The van der Waals surface area contributed by atoms with Crippen molar-refractivity contribution in [2.75, 3.05) is 0 Å². The third-order valence-electron chi connectivity index (χ3n) is 4.12. The van der Waals surface area contributed by atoms with E-state index in [1.807, 2.05) is 6.92 Å². The summed E-state index contributed by atoms with van der Waals surface area (Å²) in [6.07, 6.45) is 0.506. The summed E-state index contributed by atoms with van der Waals surface area (Å²) in [6.45, 7) is 3.39. The molecule has 27 heavy (non-hydrogen) atoms. The molecule has 7 heteroatoms. The monoisotopic (exact) mass is 390 g/mol. The highest BCUT2D eigenvalue weighted by Gasteiger charge is 2.26. The standard InChI is InChI=1S/C20H17ClF2N2O2/c1-11(10-13-6-8-14(22)9-7-13)24-20(26)17-12(2)27-25-19(17)18-15(21)4-3-5-16(18)23/h3-9,11H,10H2,1-2H3,(H,24,26). The van der Waals surface area contributed by atoms with Crippen molar-refractivity contribution in [1.29, 1.82) is 0 Å². The molecule has 2 aromatic carbocycles. The van der Waals surface area contributed by atoms with Crippen molar-refractivity contribution in [1.82, 2.24) is 10.5 Å². The minimum atomic E-state index is -0.593. The summed E-state index contributed by atoms with van der Waals surface area (Å²) in [6, 6.07) is 10.0. The number of halogens is 3. The van der Waals surface area contributed by atoms with E-state index in [-0.39, 0.29) is 39.5 Å². The maximum absolute atomic E-state index is 14.2. The van der Waals surface area contributed by atoms with Gasteiger partial charge in [-0.25, -0.2) is 8.78 Å². The van der Waals surface area contributed by atoms with Crippen LogP contribution >= 0.6 is 11.6 Å². The molecule has 0 saturated carbocycles. The minimum absolute atomic E-state index is 0.0207. The summed E-state index contributed by atoms with van der Waals surface area (Å²) in [7, 11) is 0. The van der Waals surface area contributed by atoms with Gasteiger partial charge in [-0.3, -0.25) is 4.79 Å². The van der Waals surface area contributed by atoms with Crippen LogP contribution in [0, 0.1) is 18.6 Å². The predicted octanol–water partition coefficient (Wildman–Crippen LogP) is 4.94. The first-order valence-electron chi connectivity index (χ1n) is 8.32. The normalized spacial score (nSPS) is 12.0. The highest BCUT2D eigenvalue weighted by Crippen LogP contribution is 2.33. The Morgan fingerprint density at radius 2 is 1.93 bits per heavy atom. The Hall–Kier alpha value is -2.73. The smallest absolute Gasteiger partial charge is 0.257 e. The fourth-order valence-corrected chi connectivity index (χ4v) is 3.11. The summed E-state index contributed by atoms with van der Waals surface area (Å²) < 4.78 is 32.4. The lowest BCUT2D eigenvalue weighted by molar-refractivity contribution is 0.0939. The number of carbonyl (C=O) groups is 1. The van der Waals surface area contributed by atoms with Crippen LogP contribution in [-0.2, 0) is 6.42 Å². The summed E-state index contributed by atoms with van der Waals surface area (Å²) in [5, 5.41) is 6.80. The van der Waals surface area contributed by atoms with Crippen LogP contribution in [0.1, 0.15) is 28.6 Å². The first-order chi connectivity index (χ1) is 12.9. The molecule has 3 aromatic rings. The van der Waals surface area contributed by atoms with Gasteiger partial charge in [0.05, 0.1) is 10.6 Å². The van der Waals surface area contributed by atoms with E-state index in [9.17, 15) is 13.6 Å². The number of nitrogens with one attached hydrogen (secondary N) is 1. The Kier molecular flexibility index (Phi) is 5.56. The number of amides is 1. The van der Waals surface area contributed by atoms with E-state index in [2.05, 4.69) is 10.5 Å². The number of benzene rings is 2. The molecule has 0 fully saturated rings. The molecule has 0 aliphatic rings. The molecule has 4 nitrogen and oxygen atoms in total. The van der Waals surface area contributed by atoms with Gasteiger partial charge < -0.3 is 9.84 Å². The third kappa shape index (κ3) is 4.17. The molecule has 0 aliphatic carbocycles. The molecular formula is C20H17ClF2N2O2. The number of rotatable bonds is 5.